The number of aromatic nitrogens is 8. The van der Waals surface area contributed by atoms with E-state index in [1.807, 2.05) is 97.1 Å². The van der Waals surface area contributed by atoms with E-state index in [9.17, 15) is 0 Å². The Bertz CT molecular complexity index is 2050. The summed E-state index contributed by atoms with van der Waals surface area (Å²) in [5, 5.41) is 3.57. The standard InChI is InChI=1S/C32H16N8.Cu.Na.H/c1-2-10-18-17(9-1)25-33-26(18)38-28-21-13-5-6-14-22(21)30(35-28)40-32-24-16-8-7-15-23(24)31(36-32)39-29-20-12-4-3-11-19(20)27(34-29)37-25;;;/h1-16H;;;/q-2;+2;+1;-1. The zero-order valence-electron chi connectivity index (χ0n) is 23.1. The number of benzene rings is 4. The molecule has 0 atom stereocenters. The number of hydrogen-bond acceptors (Lipinski definition) is 6. The van der Waals surface area contributed by atoms with Crippen molar-refractivity contribution in [1.82, 2.24) is 39.9 Å². The molecule has 0 fully saturated rings. The van der Waals surface area contributed by atoms with Gasteiger partial charge >= 0.3 is 46.6 Å². The van der Waals surface area contributed by atoms with Gasteiger partial charge in [0.2, 0.25) is 0 Å². The topological polar surface area (TPSA) is 106 Å². The Kier molecular flexibility index (Phi) is 6.50. The van der Waals surface area contributed by atoms with Crippen molar-refractivity contribution in [1.29, 1.82) is 0 Å². The van der Waals surface area contributed by atoms with Crippen molar-refractivity contribution >= 4 is 44.1 Å². The third kappa shape index (κ3) is 4.01. The van der Waals surface area contributed by atoms with Crippen LogP contribution in [0.2, 0.25) is 0 Å². The molecule has 0 amide bonds. The zero-order valence-corrected chi connectivity index (χ0v) is 25.1. The van der Waals surface area contributed by atoms with Gasteiger partial charge in [-0.2, -0.15) is 0 Å². The van der Waals surface area contributed by atoms with E-state index >= 15 is 0 Å². The van der Waals surface area contributed by atoms with E-state index in [0.29, 0.717) is 45.9 Å². The van der Waals surface area contributed by atoms with E-state index < -0.39 is 0 Å². The second-order valence-corrected chi connectivity index (χ2v) is 9.67. The van der Waals surface area contributed by atoms with Gasteiger partial charge in [-0.15, -0.1) is 0 Å². The summed E-state index contributed by atoms with van der Waals surface area (Å²) in [5.74, 6) is 2.21. The number of hydrogen-bond donors (Lipinski definition) is 0. The first-order valence-corrected chi connectivity index (χ1v) is 12.9. The van der Waals surface area contributed by atoms with Gasteiger partial charge in [0.15, 0.2) is 0 Å². The predicted molar refractivity (Wildman–Crippen MR) is 155 cm³/mol. The molecule has 197 valence electrons. The van der Waals surface area contributed by atoms with Crippen LogP contribution in [0.1, 0.15) is 1.43 Å². The van der Waals surface area contributed by atoms with Gasteiger partial charge in [-0.25, -0.2) is 9.97 Å². The number of fused-ring (bicyclic) bond motifs is 20. The normalized spacial score (nSPS) is 11.4. The fourth-order valence-corrected chi connectivity index (χ4v) is 5.46. The quantitative estimate of drug-likeness (QED) is 0.245. The molecule has 0 saturated carbocycles. The van der Waals surface area contributed by atoms with Gasteiger partial charge in [0, 0.05) is 44.8 Å². The average molecular weight is 600 g/mol. The second-order valence-electron chi connectivity index (χ2n) is 9.67. The second kappa shape index (κ2) is 10.2. The largest absolute Gasteiger partial charge is 2.00 e. The molecular weight excluding hydrogens is 583 g/mol. The molecule has 8 bridgehead atoms. The van der Waals surface area contributed by atoms with Crippen molar-refractivity contribution in [3.05, 3.63) is 97.1 Å². The molecule has 2 aliphatic rings. The number of nitrogens with zero attached hydrogens (tertiary/aromatic N) is 8. The van der Waals surface area contributed by atoms with E-state index in [1.54, 1.807) is 0 Å². The molecule has 4 aromatic carbocycles. The molecule has 3 aromatic heterocycles. The Morgan fingerprint density at radius 2 is 0.595 bits per heavy atom. The Morgan fingerprint density at radius 1 is 0.357 bits per heavy atom. The van der Waals surface area contributed by atoms with E-state index in [-0.39, 0.29) is 48.1 Å². The van der Waals surface area contributed by atoms with Crippen molar-refractivity contribution in [3.8, 4) is 45.6 Å². The Hall–Kier alpha value is -4.24. The monoisotopic (exact) mass is 599 g/mol. The molecule has 0 aliphatic carbocycles. The van der Waals surface area contributed by atoms with Crippen molar-refractivity contribution in [2.75, 3.05) is 0 Å². The maximum Gasteiger partial charge on any atom is 2.00 e. The molecule has 9 rings (SSSR count). The average Bonchev–Trinajstić information content (AvgIpc) is 3.73. The van der Waals surface area contributed by atoms with Crippen LogP contribution in [0.4, 0.5) is 0 Å². The van der Waals surface area contributed by atoms with Crippen LogP contribution < -0.4 is 39.5 Å². The van der Waals surface area contributed by atoms with Gasteiger partial charge < -0.3 is 31.3 Å². The van der Waals surface area contributed by atoms with Crippen molar-refractivity contribution < 1.29 is 48.1 Å². The molecule has 0 N–H and O–H groups in total. The van der Waals surface area contributed by atoms with Crippen LogP contribution in [0.3, 0.4) is 0 Å². The summed E-state index contributed by atoms with van der Waals surface area (Å²) in [5.41, 5.74) is 5.78. The van der Waals surface area contributed by atoms with Gasteiger partial charge in [-0.05, 0) is 21.5 Å². The Labute approximate surface area is 273 Å². The van der Waals surface area contributed by atoms with Crippen LogP contribution in [0.5, 0.6) is 0 Å². The van der Waals surface area contributed by atoms with Crippen LogP contribution in [0, 0.1) is 0 Å². The van der Waals surface area contributed by atoms with Crippen LogP contribution in [0.15, 0.2) is 97.1 Å². The van der Waals surface area contributed by atoms with Crippen LogP contribution >= 0.6 is 0 Å². The number of rotatable bonds is 0. The van der Waals surface area contributed by atoms with Gasteiger partial charge in [0.1, 0.15) is 0 Å². The Balaban J connectivity index is 0.00000110. The minimum Gasteiger partial charge on any atom is -1.00 e. The molecule has 0 saturated heterocycles. The summed E-state index contributed by atoms with van der Waals surface area (Å²) >= 11 is 0. The van der Waals surface area contributed by atoms with Gasteiger partial charge in [0.05, 0.1) is 23.3 Å². The van der Waals surface area contributed by atoms with E-state index in [1.165, 1.54) is 0 Å². The van der Waals surface area contributed by atoms with E-state index in [2.05, 4.69) is 0 Å². The van der Waals surface area contributed by atoms with E-state index in [4.69, 9.17) is 39.9 Å². The minimum absolute atomic E-state index is 0. The molecule has 7 aromatic rings. The fourth-order valence-electron chi connectivity index (χ4n) is 5.46. The summed E-state index contributed by atoms with van der Waals surface area (Å²) in [6.45, 7) is 0. The molecule has 10 heteroatoms. The zero-order chi connectivity index (χ0) is 26.2. The minimum atomic E-state index is 0. The first kappa shape index (κ1) is 26.6. The van der Waals surface area contributed by atoms with Gasteiger partial charge in [-0.1, -0.05) is 97.1 Å². The molecule has 5 heterocycles. The fraction of sp³-hybridized carbons (Fsp3) is 0. The SMILES string of the molecule is [Cu+2].[H-].[Na+].c1ccc2c(c1)-c1nc-2nc2[n-]c(nc3nc(nc4[n-]c(n1)c1ccccc41)-c1ccccc1-3)c1ccccc21. The summed E-state index contributed by atoms with van der Waals surface area (Å²) in [7, 11) is 0. The smallest absolute Gasteiger partial charge is 1.00 e. The first-order valence-electron chi connectivity index (χ1n) is 12.9. The van der Waals surface area contributed by atoms with E-state index in [0.717, 1.165) is 43.8 Å². The van der Waals surface area contributed by atoms with Crippen molar-refractivity contribution in [2.45, 2.75) is 0 Å². The molecule has 8 nitrogen and oxygen atoms in total. The van der Waals surface area contributed by atoms with Crippen LogP contribution in [-0.2, 0) is 17.1 Å². The molecule has 0 spiro atoms. The molecule has 1 radical (unpaired) electrons. The van der Waals surface area contributed by atoms with Crippen molar-refractivity contribution in [2.24, 2.45) is 0 Å². The summed E-state index contributed by atoms with van der Waals surface area (Å²) in [6.07, 6.45) is 0. The third-order valence-corrected chi connectivity index (χ3v) is 7.33. The first-order chi connectivity index (χ1) is 19.8. The molecule has 0 unspecified atom stereocenters. The molecule has 2 aliphatic heterocycles. The van der Waals surface area contributed by atoms with Crippen LogP contribution in [-0.4, -0.2) is 29.9 Å². The summed E-state index contributed by atoms with van der Waals surface area (Å²) in [6, 6.07) is 31.8. The third-order valence-electron chi connectivity index (χ3n) is 7.33. The molecule has 42 heavy (non-hydrogen) atoms. The maximum atomic E-state index is 4.95. The van der Waals surface area contributed by atoms with Gasteiger partial charge in [-0.3, -0.25) is 0 Å². The summed E-state index contributed by atoms with van der Waals surface area (Å²) in [4.78, 5) is 39.3. The predicted octanol–water partition coefficient (Wildman–Crippen LogP) is 3.24. The summed E-state index contributed by atoms with van der Waals surface area (Å²) < 4.78 is 0. The Morgan fingerprint density at radius 3 is 0.857 bits per heavy atom. The van der Waals surface area contributed by atoms with Gasteiger partial charge in [0.25, 0.3) is 0 Å². The maximum absolute atomic E-state index is 4.95. The van der Waals surface area contributed by atoms with Crippen LogP contribution in [0.25, 0.3) is 89.7 Å². The van der Waals surface area contributed by atoms with Crippen molar-refractivity contribution in [3.63, 3.8) is 0 Å². The molecular formula is C32H17CuN8Na.